The third-order valence-corrected chi connectivity index (χ3v) is 3.38. The van der Waals surface area contributed by atoms with Crippen LogP contribution in [-0.4, -0.2) is 13.7 Å². The topological polar surface area (TPSA) is 42.2 Å². The lowest BCUT2D eigenvalue weighted by Gasteiger charge is -2.11. The fraction of sp³-hybridized carbons (Fsp3) is 0.278. The summed E-state index contributed by atoms with van der Waals surface area (Å²) in [5.74, 6) is 0.963. The predicted molar refractivity (Wildman–Crippen MR) is 82.5 cm³/mol. The summed E-state index contributed by atoms with van der Waals surface area (Å²) in [6.07, 6.45) is 1.42. The van der Waals surface area contributed by atoms with Gasteiger partial charge in [-0.3, -0.25) is 0 Å². The third kappa shape index (κ3) is 4.49. The largest absolute Gasteiger partial charge is 0.497 e. The normalized spacial score (nSPS) is 11.5. The molecule has 1 atom stereocenters. The molecule has 0 radical (unpaired) electrons. The van der Waals surface area contributed by atoms with Gasteiger partial charge in [-0.25, -0.2) is 4.39 Å². The Morgan fingerprint density at radius 2 is 1.86 bits per heavy atom. The molecule has 114 valence electrons. The molecule has 2 aromatic rings. The summed E-state index contributed by atoms with van der Waals surface area (Å²) in [5.41, 5.74) is 0.838. The van der Waals surface area contributed by atoms with Crippen LogP contribution in [0.5, 0.6) is 11.5 Å². The van der Waals surface area contributed by atoms with E-state index in [2.05, 4.69) is 6.07 Å². The van der Waals surface area contributed by atoms with Crippen molar-refractivity contribution in [3.63, 3.8) is 0 Å². The monoisotopic (exact) mass is 299 g/mol. The molecule has 0 aliphatic heterocycles. The van der Waals surface area contributed by atoms with Gasteiger partial charge in [-0.05, 0) is 42.7 Å². The second kappa shape index (κ2) is 8.04. The number of nitrogens with zero attached hydrogens (tertiary/aromatic N) is 1. The summed E-state index contributed by atoms with van der Waals surface area (Å²) in [4.78, 5) is 0. The zero-order valence-corrected chi connectivity index (χ0v) is 12.5. The molecule has 0 amide bonds. The summed E-state index contributed by atoms with van der Waals surface area (Å²) in [6.45, 7) is 0.520. The maximum absolute atomic E-state index is 12.9. The first kappa shape index (κ1) is 15.8. The van der Waals surface area contributed by atoms with E-state index >= 15 is 0 Å². The molecule has 3 nitrogen and oxygen atoms in total. The van der Waals surface area contributed by atoms with Gasteiger partial charge in [0.15, 0.2) is 0 Å². The molecule has 0 aliphatic rings. The molecule has 2 aromatic carbocycles. The molecule has 0 heterocycles. The second-order valence-electron chi connectivity index (χ2n) is 4.90. The molecule has 0 N–H and O–H groups in total. The van der Waals surface area contributed by atoms with E-state index in [-0.39, 0.29) is 11.7 Å². The van der Waals surface area contributed by atoms with Gasteiger partial charge in [0, 0.05) is 6.07 Å². The number of hydrogen-bond donors (Lipinski definition) is 0. The van der Waals surface area contributed by atoms with Crippen LogP contribution in [0.25, 0.3) is 0 Å². The number of methoxy groups -OCH3 is 1. The molecular formula is C18H18FNO2. The molecule has 2 rings (SSSR count). The Labute approximate surface area is 129 Å². The lowest BCUT2D eigenvalue weighted by Crippen LogP contribution is -2.02. The van der Waals surface area contributed by atoms with E-state index in [0.717, 1.165) is 23.5 Å². The smallest absolute Gasteiger partial charge is 0.123 e. The fourth-order valence-corrected chi connectivity index (χ4v) is 2.17. The average molecular weight is 299 g/mol. The fourth-order valence-electron chi connectivity index (χ4n) is 2.17. The lowest BCUT2D eigenvalue weighted by atomic mass is 9.96. The number of rotatable bonds is 7. The summed E-state index contributed by atoms with van der Waals surface area (Å²) in [5, 5.41) is 9.23. The van der Waals surface area contributed by atoms with Gasteiger partial charge in [-0.2, -0.15) is 5.26 Å². The van der Waals surface area contributed by atoms with Crippen molar-refractivity contribution in [2.45, 2.75) is 18.8 Å². The minimum absolute atomic E-state index is 0.241. The maximum Gasteiger partial charge on any atom is 0.123 e. The van der Waals surface area contributed by atoms with Crippen molar-refractivity contribution in [2.24, 2.45) is 0 Å². The van der Waals surface area contributed by atoms with E-state index < -0.39 is 0 Å². The first-order valence-electron chi connectivity index (χ1n) is 7.15. The van der Waals surface area contributed by atoms with Crippen molar-refractivity contribution >= 4 is 0 Å². The van der Waals surface area contributed by atoms with Crippen LogP contribution in [0.15, 0.2) is 48.5 Å². The molecule has 0 aromatic heterocycles. The predicted octanol–water partition coefficient (Wildman–Crippen LogP) is 4.30. The minimum Gasteiger partial charge on any atom is -0.497 e. The van der Waals surface area contributed by atoms with Crippen LogP contribution in [-0.2, 0) is 0 Å². The van der Waals surface area contributed by atoms with E-state index in [1.165, 1.54) is 12.1 Å². The van der Waals surface area contributed by atoms with Crippen molar-refractivity contribution in [1.82, 2.24) is 0 Å². The van der Waals surface area contributed by atoms with Gasteiger partial charge in [-0.15, -0.1) is 0 Å². The first-order chi connectivity index (χ1) is 10.7. The van der Waals surface area contributed by atoms with E-state index in [4.69, 9.17) is 9.47 Å². The van der Waals surface area contributed by atoms with Crippen molar-refractivity contribution in [3.05, 3.63) is 59.9 Å². The molecule has 0 fully saturated rings. The van der Waals surface area contributed by atoms with Crippen LogP contribution in [0.1, 0.15) is 24.3 Å². The van der Waals surface area contributed by atoms with Crippen LogP contribution < -0.4 is 9.47 Å². The first-order valence-corrected chi connectivity index (χ1v) is 7.15. The minimum atomic E-state index is -0.290. The van der Waals surface area contributed by atoms with Gasteiger partial charge < -0.3 is 9.47 Å². The molecule has 0 saturated carbocycles. The van der Waals surface area contributed by atoms with E-state index in [0.29, 0.717) is 13.0 Å². The Hall–Kier alpha value is -2.54. The van der Waals surface area contributed by atoms with E-state index in [1.54, 1.807) is 19.2 Å². The molecule has 0 aliphatic carbocycles. The number of nitriles is 1. The molecule has 22 heavy (non-hydrogen) atoms. The van der Waals surface area contributed by atoms with Gasteiger partial charge in [0.25, 0.3) is 0 Å². The Morgan fingerprint density at radius 1 is 1.14 bits per heavy atom. The van der Waals surface area contributed by atoms with Crippen molar-refractivity contribution < 1.29 is 13.9 Å². The van der Waals surface area contributed by atoms with Gasteiger partial charge in [-0.1, -0.05) is 18.2 Å². The zero-order chi connectivity index (χ0) is 15.8. The number of halogens is 1. The van der Waals surface area contributed by atoms with Gasteiger partial charge in [0.1, 0.15) is 17.3 Å². The van der Waals surface area contributed by atoms with Gasteiger partial charge in [0.05, 0.1) is 25.7 Å². The molecule has 0 saturated heterocycles. The molecule has 1 unspecified atom stereocenters. The summed E-state index contributed by atoms with van der Waals surface area (Å²) in [7, 11) is 1.61. The van der Waals surface area contributed by atoms with Crippen LogP contribution >= 0.6 is 0 Å². The standard InChI is InChI=1S/C18H18FNO2/c1-21-17-5-2-6-18(12-17)22-11-3-4-15(13-20)14-7-9-16(19)10-8-14/h2,5-10,12,15H,3-4,11H2,1H3. The van der Waals surface area contributed by atoms with Crippen LogP contribution in [0.3, 0.4) is 0 Å². The highest BCUT2D eigenvalue weighted by Crippen LogP contribution is 2.22. The quantitative estimate of drug-likeness (QED) is 0.716. The second-order valence-corrected chi connectivity index (χ2v) is 4.90. The van der Waals surface area contributed by atoms with Crippen LogP contribution in [0.4, 0.5) is 4.39 Å². The Morgan fingerprint density at radius 3 is 2.55 bits per heavy atom. The van der Waals surface area contributed by atoms with E-state index in [9.17, 15) is 9.65 Å². The highest BCUT2D eigenvalue weighted by Gasteiger charge is 2.10. The Balaban J connectivity index is 1.81. The average Bonchev–Trinajstić information content (AvgIpc) is 2.56. The summed E-state index contributed by atoms with van der Waals surface area (Å²) in [6, 6.07) is 15.7. The summed E-state index contributed by atoms with van der Waals surface area (Å²) < 4.78 is 23.7. The Kier molecular flexibility index (Phi) is 5.79. The number of ether oxygens (including phenoxy) is 2. The van der Waals surface area contributed by atoms with Crippen molar-refractivity contribution in [1.29, 1.82) is 5.26 Å². The maximum atomic E-state index is 12.9. The van der Waals surface area contributed by atoms with Crippen LogP contribution in [0, 0.1) is 17.1 Å². The summed E-state index contributed by atoms with van der Waals surface area (Å²) >= 11 is 0. The third-order valence-electron chi connectivity index (χ3n) is 3.38. The molecule has 0 bridgehead atoms. The van der Waals surface area contributed by atoms with E-state index in [1.807, 2.05) is 24.3 Å². The molecular weight excluding hydrogens is 281 g/mol. The highest BCUT2D eigenvalue weighted by atomic mass is 19.1. The van der Waals surface area contributed by atoms with Crippen LogP contribution in [0.2, 0.25) is 0 Å². The number of benzene rings is 2. The highest BCUT2D eigenvalue weighted by molar-refractivity contribution is 5.32. The Bertz CT molecular complexity index is 634. The van der Waals surface area contributed by atoms with Gasteiger partial charge in [0.2, 0.25) is 0 Å². The van der Waals surface area contributed by atoms with Gasteiger partial charge >= 0.3 is 0 Å². The SMILES string of the molecule is COc1cccc(OCCCC(C#N)c2ccc(F)cc2)c1. The van der Waals surface area contributed by atoms with Crippen molar-refractivity contribution in [3.8, 4) is 17.6 Å². The molecule has 4 heteroatoms. The molecule has 0 spiro atoms. The number of hydrogen-bond acceptors (Lipinski definition) is 3. The zero-order valence-electron chi connectivity index (χ0n) is 12.5. The van der Waals surface area contributed by atoms with Crippen molar-refractivity contribution in [2.75, 3.05) is 13.7 Å². The lowest BCUT2D eigenvalue weighted by molar-refractivity contribution is 0.302.